The van der Waals surface area contributed by atoms with Gasteiger partial charge in [-0.3, -0.25) is 14.4 Å². The Hall–Kier alpha value is -3.32. The van der Waals surface area contributed by atoms with Gasteiger partial charge in [0.05, 0.1) is 5.69 Å². The van der Waals surface area contributed by atoms with Crippen LogP contribution in [0.25, 0.3) is 10.6 Å². The third kappa shape index (κ3) is 4.91. The van der Waals surface area contributed by atoms with E-state index in [1.54, 1.807) is 0 Å². The van der Waals surface area contributed by atoms with Crippen LogP contribution in [0.15, 0.2) is 60.7 Å². The maximum Gasteiger partial charge on any atom is 0.265 e. The number of piperidine rings is 2. The Balaban J connectivity index is 1.38. The molecule has 2 aromatic carbocycles. The molecule has 2 aliphatic rings. The van der Waals surface area contributed by atoms with E-state index in [1.807, 2.05) is 77.4 Å². The van der Waals surface area contributed by atoms with Crippen molar-refractivity contribution in [2.45, 2.75) is 32.1 Å². The van der Waals surface area contributed by atoms with Crippen LogP contribution in [0.4, 0.5) is 0 Å². The van der Waals surface area contributed by atoms with Crippen molar-refractivity contribution in [1.82, 2.24) is 14.8 Å². The van der Waals surface area contributed by atoms with Gasteiger partial charge in [-0.25, -0.2) is 4.98 Å². The van der Waals surface area contributed by atoms with E-state index in [9.17, 15) is 14.4 Å². The summed E-state index contributed by atoms with van der Waals surface area (Å²) >= 11 is 1.43. The zero-order valence-corrected chi connectivity index (χ0v) is 20.7. The van der Waals surface area contributed by atoms with E-state index in [1.165, 1.54) is 11.3 Å². The van der Waals surface area contributed by atoms with Gasteiger partial charge >= 0.3 is 0 Å². The van der Waals surface area contributed by atoms with Crippen LogP contribution in [0.2, 0.25) is 0 Å². The summed E-state index contributed by atoms with van der Waals surface area (Å²) in [6.07, 6.45) is 1.49. The van der Waals surface area contributed by atoms with Crippen LogP contribution in [0.1, 0.15) is 46.1 Å². The summed E-state index contributed by atoms with van der Waals surface area (Å²) in [5.74, 6) is 0.0400. The number of carbonyl (C=O) groups is 3. The summed E-state index contributed by atoms with van der Waals surface area (Å²) in [5, 5.41) is 0.843. The van der Waals surface area contributed by atoms with Gasteiger partial charge in [-0.2, -0.15) is 0 Å². The number of benzene rings is 2. The first-order chi connectivity index (χ1) is 17.0. The molecule has 0 spiro atoms. The van der Waals surface area contributed by atoms with E-state index in [2.05, 4.69) is 4.98 Å². The first-order valence-corrected chi connectivity index (χ1v) is 13.0. The van der Waals surface area contributed by atoms with Gasteiger partial charge < -0.3 is 9.80 Å². The number of rotatable bonds is 4. The normalized spacial score (nSPS) is 20.7. The lowest BCUT2D eigenvalue weighted by Gasteiger charge is -2.40. The number of nitrogens with zero attached hydrogens (tertiary/aromatic N) is 3. The number of thiazole rings is 1. The molecule has 35 heavy (non-hydrogen) atoms. The van der Waals surface area contributed by atoms with Crippen LogP contribution < -0.4 is 0 Å². The van der Waals surface area contributed by atoms with Crippen molar-refractivity contribution < 1.29 is 14.4 Å². The average molecular weight is 488 g/mol. The molecule has 0 radical (unpaired) electrons. The van der Waals surface area contributed by atoms with Gasteiger partial charge in [-0.1, -0.05) is 60.7 Å². The van der Waals surface area contributed by atoms with Gasteiger partial charge in [0.15, 0.2) is 0 Å². The summed E-state index contributed by atoms with van der Waals surface area (Å²) in [6, 6.07) is 19.9. The maximum absolute atomic E-state index is 13.6. The lowest BCUT2D eigenvalue weighted by atomic mass is 9.79. The van der Waals surface area contributed by atoms with Crippen molar-refractivity contribution >= 4 is 28.9 Å². The van der Waals surface area contributed by atoms with Crippen molar-refractivity contribution in [3.63, 3.8) is 0 Å². The van der Waals surface area contributed by atoms with Crippen LogP contribution in [-0.4, -0.2) is 58.6 Å². The minimum absolute atomic E-state index is 0.0161. The van der Waals surface area contributed by atoms with E-state index in [0.29, 0.717) is 50.3 Å². The SMILES string of the molecule is Cc1nc(-c2ccccc2)sc1C(=O)N1CC[C@@H](C(=O)N2CCC(=O)CC2)[C@H](c2ccccc2)C1. The molecule has 0 N–H and O–H groups in total. The van der Waals surface area contributed by atoms with Gasteiger partial charge in [0.25, 0.3) is 5.91 Å². The number of hydrogen-bond acceptors (Lipinski definition) is 5. The molecule has 2 aliphatic heterocycles. The van der Waals surface area contributed by atoms with Crippen molar-refractivity contribution in [2.75, 3.05) is 26.2 Å². The van der Waals surface area contributed by atoms with Crippen LogP contribution in [0, 0.1) is 12.8 Å². The first-order valence-electron chi connectivity index (χ1n) is 12.2. The number of Topliss-reactive ketones (excluding diaryl/α,β-unsaturated/α-hetero) is 1. The zero-order chi connectivity index (χ0) is 24.4. The summed E-state index contributed by atoms with van der Waals surface area (Å²) < 4.78 is 0. The third-order valence-electron chi connectivity index (χ3n) is 7.09. The van der Waals surface area contributed by atoms with Gasteiger partial charge in [-0.15, -0.1) is 11.3 Å². The van der Waals surface area contributed by atoms with Crippen molar-refractivity contribution in [3.05, 3.63) is 76.8 Å². The highest BCUT2D eigenvalue weighted by atomic mass is 32.1. The van der Waals surface area contributed by atoms with Crippen molar-refractivity contribution in [3.8, 4) is 10.6 Å². The highest BCUT2D eigenvalue weighted by Gasteiger charge is 2.40. The second-order valence-electron chi connectivity index (χ2n) is 9.33. The summed E-state index contributed by atoms with van der Waals surface area (Å²) in [5.41, 5.74) is 2.82. The number of aryl methyl sites for hydroxylation is 1. The molecule has 2 saturated heterocycles. The molecule has 2 fully saturated rings. The van der Waals surface area contributed by atoms with Crippen LogP contribution >= 0.6 is 11.3 Å². The van der Waals surface area contributed by atoms with Gasteiger partial charge in [0.2, 0.25) is 5.91 Å². The lowest BCUT2D eigenvalue weighted by Crippen LogP contribution is -2.50. The van der Waals surface area contributed by atoms with E-state index in [-0.39, 0.29) is 29.4 Å². The van der Waals surface area contributed by atoms with Crippen molar-refractivity contribution in [1.29, 1.82) is 0 Å². The number of hydrogen-bond donors (Lipinski definition) is 0. The number of likely N-dealkylation sites (tertiary alicyclic amines) is 2. The van der Waals surface area contributed by atoms with E-state index >= 15 is 0 Å². The molecule has 180 valence electrons. The Morgan fingerprint density at radius 1 is 0.914 bits per heavy atom. The van der Waals surface area contributed by atoms with Gasteiger partial charge in [0.1, 0.15) is 15.7 Å². The molecular weight excluding hydrogens is 458 g/mol. The van der Waals surface area contributed by atoms with Gasteiger partial charge in [0, 0.05) is 56.4 Å². The molecule has 3 aromatic rings. The molecule has 5 rings (SSSR count). The Kier molecular flexibility index (Phi) is 6.77. The molecule has 0 bridgehead atoms. The highest BCUT2D eigenvalue weighted by molar-refractivity contribution is 7.17. The second-order valence-corrected chi connectivity index (χ2v) is 10.3. The van der Waals surface area contributed by atoms with E-state index in [4.69, 9.17) is 0 Å². The van der Waals surface area contributed by atoms with Crippen molar-refractivity contribution in [2.24, 2.45) is 5.92 Å². The number of amides is 2. The minimum atomic E-state index is -0.197. The van der Waals surface area contributed by atoms with E-state index in [0.717, 1.165) is 21.8 Å². The zero-order valence-electron chi connectivity index (χ0n) is 19.9. The summed E-state index contributed by atoms with van der Waals surface area (Å²) in [6.45, 7) is 3.91. The first kappa shape index (κ1) is 23.4. The van der Waals surface area contributed by atoms with Crippen LogP contribution in [-0.2, 0) is 9.59 Å². The number of ketones is 1. The number of carbonyl (C=O) groups excluding carboxylic acids is 3. The largest absolute Gasteiger partial charge is 0.342 e. The highest BCUT2D eigenvalue weighted by Crippen LogP contribution is 2.36. The van der Waals surface area contributed by atoms with Crippen LogP contribution in [0.3, 0.4) is 0 Å². The standard InChI is InChI=1S/C28H29N3O3S/c1-19-25(35-26(29-19)21-10-6-3-7-11-21)28(34)31-17-14-23(24(18-31)20-8-4-2-5-9-20)27(33)30-15-12-22(32)13-16-30/h2-11,23-24H,12-18H2,1H3/t23-,24+/m1/s1. The molecule has 3 heterocycles. The fourth-order valence-corrected chi connectivity index (χ4v) is 6.16. The Bertz CT molecular complexity index is 1210. The monoisotopic (exact) mass is 487 g/mol. The molecule has 0 unspecified atom stereocenters. The average Bonchev–Trinajstić information content (AvgIpc) is 3.30. The fraction of sp³-hybridized carbons (Fsp3) is 0.357. The molecule has 2 atom stereocenters. The van der Waals surface area contributed by atoms with E-state index < -0.39 is 0 Å². The topological polar surface area (TPSA) is 70.6 Å². The quantitative estimate of drug-likeness (QED) is 0.541. The predicted molar refractivity (Wildman–Crippen MR) is 136 cm³/mol. The maximum atomic E-state index is 13.6. The molecule has 7 heteroatoms. The minimum Gasteiger partial charge on any atom is -0.342 e. The number of aromatic nitrogens is 1. The Morgan fingerprint density at radius 3 is 2.26 bits per heavy atom. The smallest absolute Gasteiger partial charge is 0.265 e. The van der Waals surface area contributed by atoms with Gasteiger partial charge in [-0.05, 0) is 18.9 Å². The second kappa shape index (κ2) is 10.1. The summed E-state index contributed by atoms with van der Waals surface area (Å²) in [7, 11) is 0. The molecule has 2 amide bonds. The molecule has 1 aromatic heterocycles. The van der Waals surface area contributed by atoms with Crippen LogP contribution in [0.5, 0.6) is 0 Å². The fourth-order valence-electron chi connectivity index (χ4n) is 5.12. The molecular formula is C28H29N3O3S. The Morgan fingerprint density at radius 2 is 1.57 bits per heavy atom. The molecule has 0 aliphatic carbocycles. The Labute approximate surface area is 209 Å². The predicted octanol–water partition coefficient (Wildman–Crippen LogP) is 4.56. The lowest BCUT2D eigenvalue weighted by molar-refractivity contribution is -0.140. The third-order valence-corrected chi connectivity index (χ3v) is 8.28. The summed E-state index contributed by atoms with van der Waals surface area (Å²) in [4.78, 5) is 47.9. The molecule has 0 saturated carbocycles. The molecule has 6 nitrogen and oxygen atoms in total.